The van der Waals surface area contributed by atoms with Crippen molar-refractivity contribution >= 4 is 23.5 Å². The normalized spacial score (nSPS) is 16.5. The van der Waals surface area contributed by atoms with Crippen molar-refractivity contribution in [3.8, 4) is 0 Å². The number of amides is 2. The second kappa shape index (κ2) is 8.16. The number of hydrogen-bond donors (Lipinski definition) is 2. The monoisotopic (exact) mass is 382 g/mol. The van der Waals surface area contributed by atoms with E-state index in [4.69, 9.17) is 0 Å². The summed E-state index contributed by atoms with van der Waals surface area (Å²) in [7, 11) is 0. The molecule has 1 unspecified atom stereocenters. The SMILES string of the molecule is Cc1ncc(C(=O)Nc2cccc(C(=O)N3CCCCC3C(=O)O)c2)c(C)n1. The Bertz CT molecular complexity index is 928. The van der Waals surface area contributed by atoms with E-state index in [0.717, 1.165) is 12.8 Å². The van der Waals surface area contributed by atoms with Crippen LogP contribution in [0, 0.1) is 13.8 Å². The summed E-state index contributed by atoms with van der Waals surface area (Å²) in [6.07, 6.45) is 3.48. The fraction of sp³-hybridized carbons (Fsp3) is 0.350. The second-order valence-electron chi connectivity index (χ2n) is 6.80. The van der Waals surface area contributed by atoms with E-state index < -0.39 is 12.0 Å². The van der Waals surface area contributed by atoms with Crippen LogP contribution in [0.4, 0.5) is 5.69 Å². The lowest BCUT2D eigenvalue weighted by atomic mass is 10.0. The third kappa shape index (κ3) is 4.16. The Balaban J connectivity index is 1.79. The van der Waals surface area contributed by atoms with Gasteiger partial charge in [-0.05, 0) is 51.3 Å². The number of likely N-dealkylation sites (tertiary alicyclic amines) is 1. The van der Waals surface area contributed by atoms with Crippen LogP contribution in [-0.4, -0.2) is 50.3 Å². The van der Waals surface area contributed by atoms with Gasteiger partial charge in [-0.3, -0.25) is 9.59 Å². The van der Waals surface area contributed by atoms with E-state index in [1.807, 2.05) is 0 Å². The predicted molar refractivity (Wildman–Crippen MR) is 102 cm³/mol. The van der Waals surface area contributed by atoms with Gasteiger partial charge in [-0.2, -0.15) is 0 Å². The number of carboxylic acids is 1. The maximum atomic E-state index is 12.8. The minimum atomic E-state index is -0.993. The van der Waals surface area contributed by atoms with Gasteiger partial charge >= 0.3 is 5.97 Å². The van der Waals surface area contributed by atoms with Gasteiger partial charge in [0.25, 0.3) is 11.8 Å². The number of aliphatic carboxylic acids is 1. The third-order valence-corrected chi connectivity index (χ3v) is 4.76. The average molecular weight is 382 g/mol. The summed E-state index contributed by atoms with van der Waals surface area (Å²) in [5.41, 5.74) is 1.70. The molecular weight excluding hydrogens is 360 g/mol. The number of nitrogens with zero attached hydrogens (tertiary/aromatic N) is 3. The molecule has 1 aliphatic heterocycles. The molecular formula is C20H22N4O4. The zero-order chi connectivity index (χ0) is 20.3. The summed E-state index contributed by atoms with van der Waals surface area (Å²) in [5, 5.41) is 12.1. The summed E-state index contributed by atoms with van der Waals surface area (Å²) in [6, 6.07) is 5.68. The fourth-order valence-electron chi connectivity index (χ4n) is 3.33. The van der Waals surface area contributed by atoms with E-state index in [-0.39, 0.29) is 11.8 Å². The molecule has 8 heteroatoms. The quantitative estimate of drug-likeness (QED) is 0.840. The van der Waals surface area contributed by atoms with E-state index in [1.165, 1.54) is 11.1 Å². The summed E-state index contributed by atoms with van der Waals surface area (Å²) in [5.74, 6) is -1.13. The highest BCUT2D eigenvalue weighted by Gasteiger charge is 2.32. The van der Waals surface area contributed by atoms with Crippen molar-refractivity contribution in [2.45, 2.75) is 39.2 Å². The highest BCUT2D eigenvalue weighted by atomic mass is 16.4. The van der Waals surface area contributed by atoms with Crippen LogP contribution in [0.3, 0.4) is 0 Å². The van der Waals surface area contributed by atoms with Crippen LogP contribution >= 0.6 is 0 Å². The number of aromatic nitrogens is 2. The van der Waals surface area contributed by atoms with Crippen LogP contribution in [0.2, 0.25) is 0 Å². The number of rotatable bonds is 4. The Labute approximate surface area is 162 Å². The van der Waals surface area contributed by atoms with E-state index in [1.54, 1.807) is 38.1 Å². The highest BCUT2D eigenvalue weighted by Crippen LogP contribution is 2.21. The topological polar surface area (TPSA) is 112 Å². The summed E-state index contributed by atoms with van der Waals surface area (Å²) in [4.78, 5) is 46.4. The Hall–Kier alpha value is -3.29. The van der Waals surface area contributed by atoms with Gasteiger partial charge in [-0.1, -0.05) is 6.07 Å². The number of piperidine rings is 1. The number of carboxylic acid groups (broad SMARTS) is 1. The van der Waals surface area contributed by atoms with Crippen molar-refractivity contribution in [1.29, 1.82) is 0 Å². The molecule has 1 saturated heterocycles. The molecule has 146 valence electrons. The third-order valence-electron chi connectivity index (χ3n) is 4.76. The van der Waals surface area contributed by atoms with E-state index in [0.29, 0.717) is 41.3 Å². The van der Waals surface area contributed by atoms with Crippen LogP contribution in [0.15, 0.2) is 30.5 Å². The summed E-state index contributed by atoms with van der Waals surface area (Å²) < 4.78 is 0. The minimum Gasteiger partial charge on any atom is -0.480 e. The van der Waals surface area contributed by atoms with Gasteiger partial charge in [0.05, 0.1) is 11.3 Å². The molecule has 0 spiro atoms. The minimum absolute atomic E-state index is 0.336. The number of nitrogens with one attached hydrogen (secondary N) is 1. The highest BCUT2D eigenvalue weighted by molar-refractivity contribution is 6.05. The van der Waals surface area contributed by atoms with Crippen molar-refractivity contribution < 1.29 is 19.5 Å². The molecule has 1 aromatic carbocycles. The van der Waals surface area contributed by atoms with E-state index >= 15 is 0 Å². The molecule has 0 radical (unpaired) electrons. The van der Waals surface area contributed by atoms with Crippen molar-refractivity contribution in [2.24, 2.45) is 0 Å². The van der Waals surface area contributed by atoms with E-state index in [2.05, 4.69) is 15.3 Å². The van der Waals surface area contributed by atoms with Gasteiger partial charge < -0.3 is 15.3 Å². The fourth-order valence-corrected chi connectivity index (χ4v) is 3.33. The number of aryl methyl sites for hydroxylation is 2. The maximum Gasteiger partial charge on any atom is 0.326 e. The molecule has 0 saturated carbocycles. The largest absolute Gasteiger partial charge is 0.480 e. The summed E-state index contributed by atoms with van der Waals surface area (Å²) in [6.45, 7) is 3.88. The van der Waals surface area contributed by atoms with Crippen molar-refractivity contribution in [1.82, 2.24) is 14.9 Å². The molecule has 3 rings (SSSR count). The number of carbonyl (C=O) groups excluding carboxylic acids is 2. The Morgan fingerprint density at radius 2 is 2.00 bits per heavy atom. The van der Waals surface area contributed by atoms with Gasteiger partial charge in [0, 0.05) is 24.0 Å². The molecule has 2 N–H and O–H groups in total. The molecule has 1 aromatic heterocycles. The van der Waals surface area contributed by atoms with Gasteiger partial charge in [0.1, 0.15) is 11.9 Å². The lowest BCUT2D eigenvalue weighted by Crippen LogP contribution is -2.48. The van der Waals surface area contributed by atoms with E-state index in [9.17, 15) is 19.5 Å². The van der Waals surface area contributed by atoms with Crippen LogP contribution in [-0.2, 0) is 4.79 Å². The van der Waals surface area contributed by atoms with Crippen molar-refractivity contribution in [3.05, 3.63) is 53.1 Å². The maximum absolute atomic E-state index is 12.8. The Morgan fingerprint density at radius 3 is 2.71 bits per heavy atom. The molecule has 2 heterocycles. The zero-order valence-corrected chi connectivity index (χ0v) is 15.8. The first-order valence-corrected chi connectivity index (χ1v) is 9.12. The molecule has 28 heavy (non-hydrogen) atoms. The first-order valence-electron chi connectivity index (χ1n) is 9.12. The molecule has 1 atom stereocenters. The lowest BCUT2D eigenvalue weighted by molar-refractivity contribution is -0.143. The van der Waals surface area contributed by atoms with Gasteiger partial charge in [0.2, 0.25) is 0 Å². The van der Waals surface area contributed by atoms with Gasteiger partial charge in [-0.25, -0.2) is 14.8 Å². The zero-order valence-electron chi connectivity index (χ0n) is 15.8. The number of carbonyl (C=O) groups is 3. The molecule has 1 fully saturated rings. The average Bonchev–Trinajstić information content (AvgIpc) is 2.67. The predicted octanol–water partition coefficient (Wildman–Crippen LogP) is 2.43. The van der Waals surface area contributed by atoms with Crippen LogP contribution in [0.1, 0.15) is 51.5 Å². The first kappa shape index (κ1) is 19.5. The van der Waals surface area contributed by atoms with Gasteiger partial charge in [0.15, 0.2) is 0 Å². The first-order chi connectivity index (χ1) is 13.4. The smallest absolute Gasteiger partial charge is 0.326 e. The molecule has 8 nitrogen and oxygen atoms in total. The second-order valence-corrected chi connectivity index (χ2v) is 6.80. The standard InChI is InChI=1S/C20H22N4O4/c1-12-16(11-21-13(2)22-12)18(25)23-15-7-5-6-14(10-15)19(26)24-9-4-3-8-17(24)20(27)28/h5-7,10-11,17H,3-4,8-9H2,1-2H3,(H,23,25)(H,27,28). The molecule has 1 aliphatic rings. The Morgan fingerprint density at radius 1 is 1.21 bits per heavy atom. The van der Waals surface area contributed by atoms with Crippen LogP contribution < -0.4 is 5.32 Å². The van der Waals surface area contributed by atoms with Crippen LogP contribution in [0.5, 0.6) is 0 Å². The number of benzene rings is 1. The molecule has 0 bridgehead atoms. The van der Waals surface area contributed by atoms with Crippen molar-refractivity contribution in [2.75, 3.05) is 11.9 Å². The number of anilines is 1. The van der Waals surface area contributed by atoms with Crippen LogP contribution in [0.25, 0.3) is 0 Å². The Kier molecular flexibility index (Phi) is 5.67. The van der Waals surface area contributed by atoms with Crippen molar-refractivity contribution in [3.63, 3.8) is 0 Å². The number of hydrogen-bond acceptors (Lipinski definition) is 5. The lowest BCUT2D eigenvalue weighted by Gasteiger charge is -2.33. The van der Waals surface area contributed by atoms with Gasteiger partial charge in [-0.15, -0.1) is 0 Å². The summed E-state index contributed by atoms with van der Waals surface area (Å²) >= 11 is 0. The molecule has 2 amide bonds. The molecule has 0 aliphatic carbocycles. The molecule has 2 aromatic rings.